The van der Waals surface area contributed by atoms with Crippen LogP contribution < -0.4 is 5.56 Å². The van der Waals surface area contributed by atoms with Gasteiger partial charge in [0.2, 0.25) is 0 Å². The quantitative estimate of drug-likeness (QED) is 0.851. The Balaban J connectivity index is 2.48. The van der Waals surface area contributed by atoms with E-state index in [1.807, 2.05) is 24.3 Å². The molecule has 0 radical (unpaired) electrons. The molecule has 0 fully saturated rings. The Hall–Kier alpha value is -1.10. The van der Waals surface area contributed by atoms with Crippen LogP contribution >= 0.6 is 27.5 Å². The van der Waals surface area contributed by atoms with Crippen LogP contribution in [0.5, 0.6) is 0 Å². The second-order valence-electron chi connectivity index (χ2n) is 4.12. The number of methoxy groups -OCH3 is 1. The highest BCUT2D eigenvalue weighted by molar-refractivity contribution is 9.10. The molecule has 0 aliphatic carbocycles. The van der Waals surface area contributed by atoms with Gasteiger partial charge in [0.1, 0.15) is 0 Å². The maximum absolute atomic E-state index is 12.1. The number of rotatable bonds is 4. The normalized spacial score (nSPS) is 12.4. The summed E-state index contributed by atoms with van der Waals surface area (Å²) in [4.78, 5) is 12.1. The van der Waals surface area contributed by atoms with Crippen LogP contribution in [-0.2, 0) is 4.74 Å². The van der Waals surface area contributed by atoms with Crippen molar-refractivity contribution in [2.24, 2.45) is 0 Å². The molecule has 2 aromatic rings. The summed E-state index contributed by atoms with van der Waals surface area (Å²) >= 11 is 9.29. The van der Waals surface area contributed by atoms with Crippen molar-refractivity contribution in [3.63, 3.8) is 0 Å². The number of pyridine rings is 1. The second kappa shape index (κ2) is 6.37. The van der Waals surface area contributed by atoms with Crippen molar-refractivity contribution in [2.45, 2.75) is 6.04 Å². The molecule has 1 aromatic heterocycles. The molecule has 0 N–H and O–H groups in total. The molecule has 0 aliphatic heterocycles. The summed E-state index contributed by atoms with van der Waals surface area (Å²) in [5.74, 6) is 0. The van der Waals surface area contributed by atoms with Gasteiger partial charge in [-0.1, -0.05) is 39.7 Å². The van der Waals surface area contributed by atoms with E-state index in [9.17, 15) is 4.79 Å². The Kier molecular flexibility index (Phi) is 4.80. The molecule has 5 heteroatoms. The van der Waals surface area contributed by atoms with Gasteiger partial charge in [-0.2, -0.15) is 0 Å². The smallest absolute Gasteiger partial charge is 0.252 e. The minimum Gasteiger partial charge on any atom is -0.382 e. The van der Waals surface area contributed by atoms with E-state index in [1.165, 1.54) is 6.07 Å². The van der Waals surface area contributed by atoms with E-state index < -0.39 is 0 Å². The fourth-order valence-electron chi connectivity index (χ4n) is 1.93. The highest BCUT2D eigenvalue weighted by Gasteiger charge is 2.15. The molecule has 1 aromatic carbocycles. The fourth-order valence-corrected chi connectivity index (χ4v) is 2.44. The number of halogens is 2. The molecule has 100 valence electrons. The zero-order valence-electron chi connectivity index (χ0n) is 10.3. The first kappa shape index (κ1) is 14.3. The van der Waals surface area contributed by atoms with Gasteiger partial charge in [0.25, 0.3) is 5.56 Å². The molecule has 0 bridgehead atoms. The van der Waals surface area contributed by atoms with E-state index in [1.54, 1.807) is 23.9 Å². The number of aromatic nitrogens is 1. The zero-order chi connectivity index (χ0) is 13.8. The van der Waals surface area contributed by atoms with Gasteiger partial charge < -0.3 is 9.30 Å². The molecule has 19 heavy (non-hydrogen) atoms. The number of hydrogen-bond acceptors (Lipinski definition) is 2. The third-order valence-electron chi connectivity index (χ3n) is 2.80. The molecule has 1 atom stereocenters. The van der Waals surface area contributed by atoms with Gasteiger partial charge in [0, 0.05) is 28.9 Å². The van der Waals surface area contributed by atoms with Crippen molar-refractivity contribution in [3.8, 4) is 0 Å². The zero-order valence-corrected chi connectivity index (χ0v) is 12.7. The molecule has 0 saturated carbocycles. The summed E-state index contributed by atoms with van der Waals surface area (Å²) in [6.07, 6.45) is 1.75. The Morgan fingerprint density at radius 3 is 2.79 bits per heavy atom. The van der Waals surface area contributed by atoms with Crippen molar-refractivity contribution < 1.29 is 4.74 Å². The average molecular weight is 343 g/mol. The van der Waals surface area contributed by atoms with Crippen LogP contribution in [0.1, 0.15) is 11.6 Å². The van der Waals surface area contributed by atoms with Gasteiger partial charge in [-0.15, -0.1) is 0 Å². The van der Waals surface area contributed by atoms with Crippen molar-refractivity contribution in [2.75, 3.05) is 13.7 Å². The Morgan fingerprint density at radius 2 is 2.16 bits per heavy atom. The molecule has 0 aliphatic rings. The molecule has 0 spiro atoms. The van der Waals surface area contributed by atoms with Crippen LogP contribution in [0, 0.1) is 0 Å². The van der Waals surface area contributed by atoms with Gasteiger partial charge >= 0.3 is 0 Å². The third kappa shape index (κ3) is 3.47. The Morgan fingerprint density at radius 1 is 1.37 bits per heavy atom. The minimum absolute atomic E-state index is 0.0867. The summed E-state index contributed by atoms with van der Waals surface area (Å²) in [6.45, 7) is 0.405. The predicted molar refractivity (Wildman–Crippen MR) is 79.9 cm³/mol. The van der Waals surface area contributed by atoms with Crippen LogP contribution in [0.25, 0.3) is 0 Å². The van der Waals surface area contributed by atoms with Gasteiger partial charge in [0.15, 0.2) is 0 Å². The molecule has 1 unspecified atom stereocenters. The lowest BCUT2D eigenvalue weighted by Gasteiger charge is -2.19. The summed E-state index contributed by atoms with van der Waals surface area (Å²) in [6, 6.07) is 10.6. The van der Waals surface area contributed by atoms with E-state index in [4.69, 9.17) is 16.3 Å². The fraction of sp³-hybridized carbons (Fsp3) is 0.214. The lowest BCUT2D eigenvalue weighted by molar-refractivity contribution is 0.168. The summed E-state index contributed by atoms with van der Waals surface area (Å²) < 4.78 is 7.62. The molecule has 0 amide bonds. The topological polar surface area (TPSA) is 31.2 Å². The van der Waals surface area contributed by atoms with Crippen molar-refractivity contribution in [3.05, 3.63) is 68.0 Å². The average Bonchev–Trinajstić information content (AvgIpc) is 2.37. The number of ether oxygens (including phenoxy) is 1. The molecule has 3 nitrogen and oxygen atoms in total. The van der Waals surface area contributed by atoms with Crippen LogP contribution in [-0.4, -0.2) is 18.3 Å². The summed E-state index contributed by atoms with van der Waals surface area (Å²) in [5.41, 5.74) is 0.857. The maximum atomic E-state index is 12.1. The van der Waals surface area contributed by atoms with E-state index in [0.717, 1.165) is 10.0 Å². The first-order valence-corrected chi connectivity index (χ1v) is 6.91. The molecular weight excluding hydrogens is 330 g/mol. The van der Waals surface area contributed by atoms with Crippen LogP contribution in [0.4, 0.5) is 0 Å². The summed E-state index contributed by atoms with van der Waals surface area (Å²) in [5, 5.41) is 0.642. The van der Waals surface area contributed by atoms with E-state index >= 15 is 0 Å². The highest BCUT2D eigenvalue weighted by Crippen LogP contribution is 2.21. The van der Waals surface area contributed by atoms with Gasteiger partial charge in [-0.05, 0) is 23.8 Å². The highest BCUT2D eigenvalue weighted by atomic mass is 79.9. The Bertz CT molecular complexity index is 627. The van der Waals surface area contributed by atoms with Crippen molar-refractivity contribution in [1.29, 1.82) is 0 Å². The van der Waals surface area contributed by atoms with Crippen molar-refractivity contribution in [1.82, 2.24) is 4.57 Å². The lowest BCUT2D eigenvalue weighted by Crippen LogP contribution is -2.27. The number of benzene rings is 1. The number of hydrogen-bond donors (Lipinski definition) is 0. The third-order valence-corrected chi connectivity index (χ3v) is 3.53. The molecule has 0 saturated heterocycles. The van der Waals surface area contributed by atoms with E-state index in [2.05, 4.69) is 15.9 Å². The molecule has 2 rings (SSSR count). The lowest BCUT2D eigenvalue weighted by atomic mass is 10.1. The van der Waals surface area contributed by atoms with Gasteiger partial charge in [0.05, 0.1) is 12.6 Å². The first-order chi connectivity index (χ1) is 9.11. The molecular formula is C14H13BrClNO2. The van der Waals surface area contributed by atoms with Crippen LogP contribution in [0.3, 0.4) is 0 Å². The van der Waals surface area contributed by atoms with Crippen molar-refractivity contribution >= 4 is 27.5 Å². The standard InChI is InChI=1S/C14H13BrClNO2/c1-19-9-13(10-3-2-4-12(16)7-10)17-6-5-11(15)8-14(17)18/h2-8,13H,9H2,1H3. The predicted octanol–water partition coefficient (Wildman–Crippen LogP) is 3.50. The van der Waals surface area contributed by atoms with E-state index in [-0.39, 0.29) is 11.6 Å². The van der Waals surface area contributed by atoms with Gasteiger partial charge in [-0.3, -0.25) is 4.79 Å². The van der Waals surface area contributed by atoms with Crippen LogP contribution in [0.15, 0.2) is 51.9 Å². The van der Waals surface area contributed by atoms with Crippen LogP contribution in [0.2, 0.25) is 5.02 Å². The largest absolute Gasteiger partial charge is 0.382 e. The second-order valence-corrected chi connectivity index (χ2v) is 5.47. The number of nitrogens with zero attached hydrogens (tertiary/aromatic N) is 1. The van der Waals surface area contributed by atoms with E-state index in [0.29, 0.717) is 11.6 Å². The Labute approximate surface area is 124 Å². The first-order valence-electron chi connectivity index (χ1n) is 5.74. The van der Waals surface area contributed by atoms with Gasteiger partial charge in [-0.25, -0.2) is 0 Å². The minimum atomic E-state index is -0.190. The molecule has 1 heterocycles. The SMILES string of the molecule is COCC(c1cccc(Cl)c1)n1ccc(Br)cc1=O. The monoisotopic (exact) mass is 341 g/mol. The maximum Gasteiger partial charge on any atom is 0.252 e. The summed E-state index contributed by atoms with van der Waals surface area (Å²) in [7, 11) is 1.61.